The molecule has 188 valence electrons. The molecule has 0 fully saturated rings. The van der Waals surface area contributed by atoms with E-state index in [-0.39, 0.29) is 0 Å². The molecule has 0 spiro atoms. The van der Waals surface area contributed by atoms with Crippen LogP contribution in [0.4, 0.5) is 17.1 Å². The third-order valence-electron chi connectivity index (χ3n) is 7.70. The fourth-order valence-corrected chi connectivity index (χ4v) is 5.82. The number of benzene rings is 6. The number of anilines is 3. The third-order valence-corrected chi connectivity index (χ3v) is 7.70. The maximum atomic E-state index is 6.30. The van der Waals surface area contributed by atoms with Crippen LogP contribution in [0.5, 0.6) is 0 Å². The van der Waals surface area contributed by atoms with Crippen molar-refractivity contribution in [1.29, 1.82) is 0 Å². The molecular formula is C37H24N2O. The minimum Gasteiger partial charge on any atom is -0.438 e. The third kappa shape index (κ3) is 3.63. The monoisotopic (exact) mass is 512 g/mol. The molecule has 0 amide bonds. The van der Waals surface area contributed by atoms with Crippen molar-refractivity contribution in [2.24, 2.45) is 0 Å². The molecule has 0 saturated carbocycles. The van der Waals surface area contributed by atoms with Gasteiger partial charge in [0.2, 0.25) is 5.71 Å². The molecule has 8 rings (SSSR count). The van der Waals surface area contributed by atoms with Crippen molar-refractivity contribution in [2.45, 2.75) is 0 Å². The number of furan rings is 1. The standard InChI is InChI=1S/C37H24N2O/c1-2-13-29(14-3-1)39(30-19-17-26(18-20-30)32-16-8-12-25-9-6-7-15-31(25)32)34-21-22-38-37-36(34)33-23-27-10-4-5-11-28(27)24-35(33)40-37/h1-24H. The second-order valence-corrected chi connectivity index (χ2v) is 10.1. The average molecular weight is 513 g/mol. The Labute approximate surface area is 231 Å². The van der Waals surface area contributed by atoms with Gasteiger partial charge >= 0.3 is 0 Å². The average Bonchev–Trinajstić information content (AvgIpc) is 3.39. The molecular weight excluding hydrogens is 488 g/mol. The number of hydrogen-bond donors (Lipinski definition) is 0. The number of aromatic nitrogens is 1. The fourth-order valence-electron chi connectivity index (χ4n) is 5.82. The van der Waals surface area contributed by atoms with Crippen LogP contribution in [0.15, 0.2) is 150 Å². The van der Waals surface area contributed by atoms with Gasteiger partial charge in [-0.05, 0) is 75.1 Å². The summed E-state index contributed by atoms with van der Waals surface area (Å²) >= 11 is 0. The predicted octanol–water partition coefficient (Wildman–Crippen LogP) is 10.4. The molecule has 0 atom stereocenters. The lowest BCUT2D eigenvalue weighted by Crippen LogP contribution is -2.10. The molecule has 8 aromatic rings. The quantitative estimate of drug-likeness (QED) is 0.235. The summed E-state index contributed by atoms with van der Waals surface area (Å²) in [4.78, 5) is 6.92. The minimum absolute atomic E-state index is 0.635. The molecule has 2 heterocycles. The summed E-state index contributed by atoms with van der Waals surface area (Å²) < 4.78 is 6.30. The maximum absolute atomic E-state index is 6.30. The first kappa shape index (κ1) is 22.6. The number of rotatable bonds is 4. The normalized spacial score (nSPS) is 11.5. The lowest BCUT2D eigenvalue weighted by molar-refractivity contribution is 0.654. The van der Waals surface area contributed by atoms with E-state index >= 15 is 0 Å². The summed E-state index contributed by atoms with van der Waals surface area (Å²) in [6.45, 7) is 0. The van der Waals surface area contributed by atoms with Crippen LogP contribution in [0.1, 0.15) is 0 Å². The molecule has 0 radical (unpaired) electrons. The fraction of sp³-hybridized carbons (Fsp3) is 0. The smallest absolute Gasteiger partial charge is 0.229 e. The first-order valence-electron chi connectivity index (χ1n) is 13.5. The highest BCUT2D eigenvalue weighted by Gasteiger charge is 2.20. The van der Waals surface area contributed by atoms with Gasteiger partial charge in [0.15, 0.2) is 0 Å². The Bertz CT molecular complexity index is 2160. The van der Waals surface area contributed by atoms with E-state index in [1.165, 1.54) is 27.3 Å². The molecule has 0 aliphatic rings. The van der Waals surface area contributed by atoms with E-state index in [1.54, 1.807) is 0 Å². The van der Waals surface area contributed by atoms with E-state index < -0.39 is 0 Å². The predicted molar refractivity (Wildman–Crippen MR) is 167 cm³/mol. The van der Waals surface area contributed by atoms with E-state index in [0.717, 1.165) is 38.8 Å². The van der Waals surface area contributed by atoms with Gasteiger partial charge in [-0.2, -0.15) is 0 Å². The highest BCUT2D eigenvalue weighted by Crippen LogP contribution is 2.43. The Morgan fingerprint density at radius 1 is 0.525 bits per heavy atom. The molecule has 0 bridgehead atoms. The second-order valence-electron chi connectivity index (χ2n) is 10.1. The zero-order valence-electron chi connectivity index (χ0n) is 21.7. The van der Waals surface area contributed by atoms with Crippen LogP contribution in [0.25, 0.3) is 54.7 Å². The van der Waals surface area contributed by atoms with Crippen molar-refractivity contribution in [3.8, 4) is 11.1 Å². The summed E-state index contributed by atoms with van der Waals surface area (Å²) in [6, 6.07) is 49.1. The van der Waals surface area contributed by atoms with Gasteiger partial charge in [0.1, 0.15) is 5.58 Å². The first-order valence-corrected chi connectivity index (χ1v) is 13.5. The van der Waals surface area contributed by atoms with Gasteiger partial charge in [-0.25, -0.2) is 4.98 Å². The molecule has 3 heteroatoms. The van der Waals surface area contributed by atoms with Crippen LogP contribution in [0, 0.1) is 0 Å². The van der Waals surface area contributed by atoms with Crippen LogP contribution in [0.2, 0.25) is 0 Å². The van der Waals surface area contributed by atoms with E-state index in [0.29, 0.717) is 5.71 Å². The highest BCUT2D eigenvalue weighted by molar-refractivity contribution is 6.15. The van der Waals surface area contributed by atoms with Gasteiger partial charge in [-0.3, -0.25) is 0 Å². The van der Waals surface area contributed by atoms with Crippen molar-refractivity contribution in [3.63, 3.8) is 0 Å². The molecule has 40 heavy (non-hydrogen) atoms. The van der Waals surface area contributed by atoms with Crippen molar-refractivity contribution in [3.05, 3.63) is 146 Å². The Morgan fingerprint density at radius 2 is 1.20 bits per heavy atom. The maximum Gasteiger partial charge on any atom is 0.229 e. The van der Waals surface area contributed by atoms with Crippen molar-refractivity contribution >= 4 is 60.7 Å². The lowest BCUT2D eigenvalue weighted by atomic mass is 9.98. The molecule has 0 aliphatic heterocycles. The van der Waals surface area contributed by atoms with Gasteiger partial charge in [-0.1, -0.05) is 97.1 Å². The molecule has 3 nitrogen and oxygen atoms in total. The van der Waals surface area contributed by atoms with Crippen LogP contribution in [0.3, 0.4) is 0 Å². The summed E-state index contributed by atoms with van der Waals surface area (Å²) in [5, 5.41) is 6.90. The minimum atomic E-state index is 0.635. The number of hydrogen-bond acceptors (Lipinski definition) is 3. The Hall–Kier alpha value is -5.41. The van der Waals surface area contributed by atoms with Crippen molar-refractivity contribution in [2.75, 3.05) is 4.90 Å². The summed E-state index contributed by atoms with van der Waals surface area (Å²) in [5.74, 6) is 0. The van der Waals surface area contributed by atoms with Crippen molar-refractivity contribution < 1.29 is 4.42 Å². The van der Waals surface area contributed by atoms with Crippen LogP contribution in [-0.4, -0.2) is 4.98 Å². The number of para-hydroxylation sites is 1. The molecule has 6 aromatic carbocycles. The Morgan fingerprint density at radius 3 is 2.02 bits per heavy atom. The SMILES string of the molecule is c1ccc(N(c2ccc(-c3cccc4ccccc34)cc2)c2ccnc3oc4cc5ccccc5cc4c23)cc1. The number of nitrogens with zero attached hydrogens (tertiary/aromatic N) is 2. The van der Waals surface area contributed by atoms with Gasteiger partial charge in [0, 0.05) is 23.0 Å². The van der Waals surface area contributed by atoms with Crippen LogP contribution < -0.4 is 4.90 Å². The van der Waals surface area contributed by atoms with Gasteiger partial charge in [-0.15, -0.1) is 0 Å². The summed E-state index contributed by atoms with van der Waals surface area (Å²) in [6.07, 6.45) is 1.83. The van der Waals surface area contributed by atoms with E-state index in [2.05, 4.69) is 143 Å². The summed E-state index contributed by atoms with van der Waals surface area (Å²) in [5.41, 5.74) is 7.07. The first-order chi connectivity index (χ1) is 19.8. The molecule has 0 aliphatic carbocycles. The zero-order valence-corrected chi connectivity index (χ0v) is 21.7. The molecule has 0 N–H and O–H groups in total. The Kier molecular flexibility index (Phi) is 5.14. The number of pyridine rings is 1. The van der Waals surface area contributed by atoms with E-state index in [1.807, 2.05) is 12.3 Å². The lowest BCUT2D eigenvalue weighted by Gasteiger charge is -2.26. The topological polar surface area (TPSA) is 29.3 Å². The summed E-state index contributed by atoms with van der Waals surface area (Å²) in [7, 11) is 0. The van der Waals surface area contributed by atoms with E-state index in [9.17, 15) is 0 Å². The second kappa shape index (κ2) is 9.11. The largest absolute Gasteiger partial charge is 0.438 e. The van der Waals surface area contributed by atoms with Crippen LogP contribution >= 0.6 is 0 Å². The number of fused-ring (bicyclic) bond motifs is 5. The molecule has 0 unspecified atom stereocenters. The van der Waals surface area contributed by atoms with Crippen molar-refractivity contribution in [1.82, 2.24) is 4.98 Å². The van der Waals surface area contributed by atoms with Crippen LogP contribution in [-0.2, 0) is 0 Å². The van der Waals surface area contributed by atoms with Gasteiger partial charge in [0.25, 0.3) is 0 Å². The molecule has 0 saturated heterocycles. The highest BCUT2D eigenvalue weighted by atomic mass is 16.3. The van der Waals surface area contributed by atoms with Gasteiger partial charge < -0.3 is 9.32 Å². The Balaban J connectivity index is 1.33. The van der Waals surface area contributed by atoms with E-state index in [4.69, 9.17) is 4.42 Å². The zero-order chi connectivity index (χ0) is 26.5. The van der Waals surface area contributed by atoms with Gasteiger partial charge in [0.05, 0.1) is 11.1 Å². The molecule has 2 aromatic heterocycles.